The fraction of sp³-hybridized carbons (Fsp3) is 0.391. The Labute approximate surface area is 188 Å². The van der Waals surface area contributed by atoms with E-state index in [2.05, 4.69) is 39.7 Å². The molecule has 33 heavy (non-hydrogen) atoms. The second kappa shape index (κ2) is 9.30. The smallest absolute Gasteiger partial charge is 0.475 e. The zero-order chi connectivity index (χ0) is 23.6. The van der Waals surface area contributed by atoms with Crippen LogP contribution in [0.4, 0.5) is 13.2 Å². The van der Waals surface area contributed by atoms with Crippen LogP contribution in [0.2, 0.25) is 0 Å². The van der Waals surface area contributed by atoms with E-state index in [0.29, 0.717) is 11.7 Å². The third-order valence-electron chi connectivity index (χ3n) is 5.94. The summed E-state index contributed by atoms with van der Waals surface area (Å²) in [6, 6.07) is 8.71. The van der Waals surface area contributed by atoms with E-state index in [1.54, 1.807) is 0 Å². The summed E-state index contributed by atoms with van der Waals surface area (Å²) in [6.07, 6.45) is 0.978. The molecule has 0 amide bonds. The Morgan fingerprint density at radius 2 is 2.00 bits per heavy atom. The quantitative estimate of drug-likeness (QED) is 0.609. The molecule has 1 aliphatic carbocycles. The number of aromatic nitrogens is 3. The molecule has 3 heterocycles. The van der Waals surface area contributed by atoms with E-state index >= 15 is 0 Å². The normalized spacial score (nSPS) is 17.0. The number of pyridine rings is 1. The molecule has 174 valence electrons. The number of rotatable bonds is 3. The molecule has 5 rings (SSSR count). The van der Waals surface area contributed by atoms with Gasteiger partial charge in [0.25, 0.3) is 0 Å². The molecule has 0 saturated heterocycles. The fourth-order valence-corrected chi connectivity index (χ4v) is 4.37. The lowest BCUT2D eigenvalue weighted by Gasteiger charge is -2.19. The summed E-state index contributed by atoms with van der Waals surface area (Å²) in [6.45, 7) is 3.87. The van der Waals surface area contributed by atoms with Crippen LogP contribution in [0.3, 0.4) is 0 Å². The molecular formula is C23H23F3N4O3. The standard InChI is InChI=1S/C21H22N4O.C2HF3O2/c1-13-20(18-8-9-22-11-16(18)12-23-13)21-24-19(26-25-21)10-15-7-6-14-4-2-3-5-17(14)15;3-2(4,5)1(6)7/h2-5,12,15,22H,6-11H2,1H3;(H,6,7). The monoisotopic (exact) mass is 460 g/mol. The first-order valence-corrected chi connectivity index (χ1v) is 10.6. The van der Waals surface area contributed by atoms with E-state index in [0.717, 1.165) is 55.9 Å². The number of carbonyl (C=O) groups is 1. The van der Waals surface area contributed by atoms with Gasteiger partial charge in [-0.25, -0.2) is 4.79 Å². The van der Waals surface area contributed by atoms with Crippen LogP contribution in [0.25, 0.3) is 11.4 Å². The SMILES string of the molecule is Cc1ncc2c(c1-c1noc(CC3CCc4ccccc43)n1)CCNC2.O=C(O)C(F)(F)F. The number of fused-ring (bicyclic) bond motifs is 2. The maximum absolute atomic E-state index is 10.6. The molecule has 1 aromatic carbocycles. The van der Waals surface area contributed by atoms with Crippen molar-refractivity contribution < 1.29 is 27.6 Å². The van der Waals surface area contributed by atoms with Crippen LogP contribution in [0, 0.1) is 6.92 Å². The van der Waals surface area contributed by atoms with Crippen LogP contribution >= 0.6 is 0 Å². The Balaban J connectivity index is 0.000000325. The number of hydrogen-bond donors (Lipinski definition) is 2. The third kappa shape index (κ3) is 5.05. The summed E-state index contributed by atoms with van der Waals surface area (Å²) >= 11 is 0. The predicted molar refractivity (Wildman–Crippen MR) is 113 cm³/mol. The van der Waals surface area contributed by atoms with Crippen molar-refractivity contribution in [2.45, 2.75) is 51.2 Å². The van der Waals surface area contributed by atoms with Gasteiger partial charge in [0.05, 0.1) is 0 Å². The fourth-order valence-electron chi connectivity index (χ4n) is 4.37. The van der Waals surface area contributed by atoms with Crippen LogP contribution in [0.15, 0.2) is 35.0 Å². The molecule has 1 aliphatic heterocycles. The van der Waals surface area contributed by atoms with Crippen LogP contribution in [-0.4, -0.2) is 38.9 Å². The average Bonchev–Trinajstić information content (AvgIpc) is 3.41. The van der Waals surface area contributed by atoms with Gasteiger partial charge >= 0.3 is 12.1 Å². The van der Waals surface area contributed by atoms with E-state index in [1.165, 1.54) is 22.3 Å². The van der Waals surface area contributed by atoms with Crippen molar-refractivity contribution in [3.63, 3.8) is 0 Å². The summed E-state index contributed by atoms with van der Waals surface area (Å²) in [5.74, 6) is -0.859. The highest BCUT2D eigenvalue weighted by molar-refractivity contribution is 5.73. The van der Waals surface area contributed by atoms with E-state index in [1.807, 2.05) is 13.1 Å². The zero-order valence-electron chi connectivity index (χ0n) is 17.9. The van der Waals surface area contributed by atoms with Gasteiger partial charge in [-0.15, -0.1) is 0 Å². The first-order chi connectivity index (χ1) is 15.7. The first kappa shape index (κ1) is 22.9. The van der Waals surface area contributed by atoms with Gasteiger partial charge in [-0.05, 0) is 60.9 Å². The Hall–Kier alpha value is -3.27. The lowest BCUT2D eigenvalue weighted by Crippen LogP contribution is -2.24. The number of halogens is 3. The lowest BCUT2D eigenvalue weighted by atomic mass is 9.95. The number of aliphatic carboxylic acids is 1. The number of alkyl halides is 3. The molecule has 0 saturated carbocycles. The topological polar surface area (TPSA) is 101 Å². The molecule has 0 spiro atoms. The van der Waals surface area contributed by atoms with Crippen molar-refractivity contribution in [3.05, 3.63) is 64.3 Å². The number of nitrogens with one attached hydrogen (secondary N) is 1. The zero-order valence-corrected chi connectivity index (χ0v) is 17.9. The third-order valence-corrected chi connectivity index (χ3v) is 5.94. The van der Waals surface area contributed by atoms with Crippen LogP contribution in [-0.2, 0) is 30.6 Å². The largest absolute Gasteiger partial charge is 0.490 e. The Morgan fingerprint density at radius 1 is 1.24 bits per heavy atom. The Morgan fingerprint density at radius 3 is 2.76 bits per heavy atom. The minimum atomic E-state index is -5.08. The van der Waals surface area contributed by atoms with Crippen molar-refractivity contribution >= 4 is 5.97 Å². The van der Waals surface area contributed by atoms with Gasteiger partial charge in [-0.3, -0.25) is 4.98 Å². The molecule has 0 fully saturated rings. The number of carboxylic acid groups (broad SMARTS) is 1. The van der Waals surface area contributed by atoms with Gasteiger partial charge in [-0.1, -0.05) is 29.4 Å². The number of nitrogens with zero attached hydrogens (tertiary/aromatic N) is 3. The van der Waals surface area contributed by atoms with Crippen molar-refractivity contribution in [1.82, 2.24) is 20.4 Å². The van der Waals surface area contributed by atoms with Crippen molar-refractivity contribution in [3.8, 4) is 11.4 Å². The maximum atomic E-state index is 10.6. The summed E-state index contributed by atoms with van der Waals surface area (Å²) in [5, 5.41) is 14.8. The summed E-state index contributed by atoms with van der Waals surface area (Å²) < 4.78 is 37.4. The van der Waals surface area contributed by atoms with Gasteiger partial charge in [0.2, 0.25) is 11.7 Å². The van der Waals surface area contributed by atoms with Crippen LogP contribution in [0.1, 0.15) is 46.2 Å². The molecule has 0 radical (unpaired) electrons. The molecular weight excluding hydrogens is 437 g/mol. The minimum absolute atomic E-state index is 0.479. The second-order valence-corrected chi connectivity index (χ2v) is 8.10. The van der Waals surface area contributed by atoms with Crippen molar-refractivity contribution in [1.29, 1.82) is 0 Å². The maximum Gasteiger partial charge on any atom is 0.490 e. The van der Waals surface area contributed by atoms with E-state index in [4.69, 9.17) is 19.4 Å². The molecule has 3 aromatic rings. The average molecular weight is 460 g/mol. The molecule has 7 nitrogen and oxygen atoms in total. The van der Waals surface area contributed by atoms with E-state index in [9.17, 15) is 13.2 Å². The molecule has 2 aliphatic rings. The minimum Gasteiger partial charge on any atom is -0.475 e. The molecule has 1 unspecified atom stereocenters. The van der Waals surface area contributed by atoms with E-state index in [-0.39, 0.29) is 0 Å². The molecule has 0 bridgehead atoms. The summed E-state index contributed by atoms with van der Waals surface area (Å²) in [4.78, 5) is 18.2. The number of carboxylic acids is 1. The second-order valence-electron chi connectivity index (χ2n) is 8.10. The van der Waals surface area contributed by atoms with Gasteiger partial charge in [0.15, 0.2) is 0 Å². The summed E-state index contributed by atoms with van der Waals surface area (Å²) in [5.41, 5.74) is 7.49. The predicted octanol–water partition coefficient (Wildman–Crippen LogP) is 3.99. The number of benzene rings is 1. The van der Waals surface area contributed by atoms with Crippen molar-refractivity contribution in [2.75, 3.05) is 6.54 Å². The van der Waals surface area contributed by atoms with Crippen molar-refractivity contribution in [2.24, 2.45) is 0 Å². The van der Waals surface area contributed by atoms with Gasteiger partial charge in [0.1, 0.15) is 0 Å². The van der Waals surface area contributed by atoms with Gasteiger partial charge in [-0.2, -0.15) is 18.2 Å². The summed E-state index contributed by atoms with van der Waals surface area (Å²) in [7, 11) is 0. The molecule has 2 N–H and O–H groups in total. The number of aryl methyl sites for hydroxylation is 2. The highest BCUT2D eigenvalue weighted by atomic mass is 19.4. The Kier molecular flexibility index (Phi) is 6.46. The lowest BCUT2D eigenvalue weighted by molar-refractivity contribution is -0.192. The van der Waals surface area contributed by atoms with Crippen LogP contribution < -0.4 is 5.32 Å². The number of hydrogen-bond acceptors (Lipinski definition) is 6. The van der Waals surface area contributed by atoms with E-state index < -0.39 is 12.1 Å². The molecule has 2 aromatic heterocycles. The molecule has 10 heteroatoms. The van der Waals surface area contributed by atoms with Gasteiger partial charge < -0.3 is 14.9 Å². The Bertz CT molecular complexity index is 1160. The van der Waals surface area contributed by atoms with Gasteiger partial charge in [0, 0.05) is 30.4 Å². The van der Waals surface area contributed by atoms with Crippen LogP contribution in [0.5, 0.6) is 0 Å². The molecule has 1 atom stereocenters. The highest BCUT2D eigenvalue weighted by Gasteiger charge is 2.38. The highest BCUT2D eigenvalue weighted by Crippen LogP contribution is 2.36. The first-order valence-electron chi connectivity index (χ1n) is 10.6.